The molecule has 0 spiro atoms. The Morgan fingerprint density at radius 3 is 2.68 bits per heavy atom. The number of nitrogens with zero attached hydrogens (tertiary/aromatic N) is 1. The van der Waals surface area contributed by atoms with Gasteiger partial charge in [-0.1, -0.05) is 35.9 Å². The predicted molar refractivity (Wildman–Crippen MR) is 111 cm³/mol. The fourth-order valence-electron chi connectivity index (χ4n) is 2.49. The molecule has 3 aromatic rings. The highest BCUT2D eigenvalue weighted by Crippen LogP contribution is 2.13. The summed E-state index contributed by atoms with van der Waals surface area (Å²) >= 11 is 5.92. The van der Waals surface area contributed by atoms with Gasteiger partial charge < -0.3 is 10.6 Å². The van der Waals surface area contributed by atoms with Crippen LogP contribution in [0.5, 0.6) is 0 Å². The van der Waals surface area contributed by atoms with Crippen molar-refractivity contribution in [1.82, 2.24) is 10.3 Å². The van der Waals surface area contributed by atoms with Crippen LogP contribution in [0.3, 0.4) is 0 Å². The lowest BCUT2D eigenvalue weighted by atomic mass is 10.2. The van der Waals surface area contributed by atoms with Gasteiger partial charge in [0.15, 0.2) is 0 Å². The molecule has 0 bridgehead atoms. The van der Waals surface area contributed by atoms with Crippen molar-refractivity contribution >= 4 is 35.2 Å². The monoisotopic (exact) mass is 391 g/mol. The van der Waals surface area contributed by atoms with E-state index in [4.69, 9.17) is 11.6 Å². The lowest BCUT2D eigenvalue weighted by Gasteiger charge is -2.08. The summed E-state index contributed by atoms with van der Waals surface area (Å²) in [5.74, 6) is -0.455. The standard InChI is InChI=1S/C22H18ClN3O2/c23-19-7-1-4-16(12-19)9-10-21(27)25-14-17-5-2-8-20(13-17)26-22(28)18-6-3-11-24-15-18/h1-13,15H,14H2,(H,25,27)(H,26,28)/b10-9+. The van der Waals surface area contributed by atoms with E-state index in [1.165, 1.54) is 12.3 Å². The minimum absolute atomic E-state index is 0.218. The smallest absolute Gasteiger partial charge is 0.257 e. The quantitative estimate of drug-likeness (QED) is 0.615. The van der Waals surface area contributed by atoms with E-state index in [0.29, 0.717) is 22.8 Å². The minimum Gasteiger partial charge on any atom is -0.348 e. The number of anilines is 1. The molecule has 0 radical (unpaired) electrons. The zero-order chi connectivity index (χ0) is 19.8. The van der Waals surface area contributed by atoms with Gasteiger partial charge in [0.1, 0.15) is 0 Å². The first-order valence-corrected chi connectivity index (χ1v) is 9.00. The van der Waals surface area contributed by atoms with Gasteiger partial charge in [-0.25, -0.2) is 0 Å². The van der Waals surface area contributed by atoms with Gasteiger partial charge in [0.05, 0.1) is 5.56 Å². The molecule has 0 aliphatic heterocycles. The summed E-state index contributed by atoms with van der Waals surface area (Å²) in [5.41, 5.74) is 2.85. The number of hydrogen-bond donors (Lipinski definition) is 2. The summed E-state index contributed by atoms with van der Waals surface area (Å²) < 4.78 is 0. The fraction of sp³-hybridized carbons (Fsp3) is 0.0455. The molecule has 3 rings (SSSR count). The molecule has 28 heavy (non-hydrogen) atoms. The maximum Gasteiger partial charge on any atom is 0.257 e. The van der Waals surface area contributed by atoms with E-state index in [2.05, 4.69) is 15.6 Å². The Morgan fingerprint density at radius 2 is 1.89 bits per heavy atom. The Kier molecular flexibility index (Phi) is 6.54. The maximum atomic E-state index is 12.2. The number of pyridine rings is 1. The molecule has 1 aromatic heterocycles. The van der Waals surface area contributed by atoms with Crippen molar-refractivity contribution in [3.8, 4) is 0 Å². The maximum absolute atomic E-state index is 12.2. The largest absolute Gasteiger partial charge is 0.348 e. The lowest BCUT2D eigenvalue weighted by Crippen LogP contribution is -2.20. The topological polar surface area (TPSA) is 71.1 Å². The van der Waals surface area contributed by atoms with Crippen LogP contribution in [-0.4, -0.2) is 16.8 Å². The first kappa shape index (κ1) is 19.3. The van der Waals surface area contributed by atoms with Crippen LogP contribution in [0.2, 0.25) is 5.02 Å². The van der Waals surface area contributed by atoms with E-state index < -0.39 is 0 Å². The molecular weight excluding hydrogens is 374 g/mol. The molecule has 5 nitrogen and oxygen atoms in total. The first-order chi connectivity index (χ1) is 13.6. The molecule has 2 N–H and O–H groups in total. The van der Waals surface area contributed by atoms with E-state index in [9.17, 15) is 9.59 Å². The Morgan fingerprint density at radius 1 is 1.04 bits per heavy atom. The van der Waals surface area contributed by atoms with Gasteiger partial charge in [-0.05, 0) is 53.6 Å². The number of carbonyl (C=O) groups is 2. The zero-order valence-corrected chi connectivity index (χ0v) is 15.7. The number of nitrogens with one attached hydrogen (secondary N) is 2. The molecule has 0 fully saturated rings. The molecular formula is C22H18ClN3O2. The number of halogens is 1. The summed E-state index contributed by atoms with van der Waals surface area (Å²) in [7, 11) is 0. The van der Waals surface area contributed by atoms with Gasteiger partial charge in [0.25, 0.3) is 5.91 Å². The van der Waals surface area contributed by atoms with Gasteiger partial charge >= 0.3 is 0 Å². The SMILES string of the molecule is O=C(/C=C/c1cccc(Cl)c1)NCc1cccc(NC(=O)c2cccnc2)c1. The first-order valence-electron chi connectivity index (χ1n) is 8.62. The molecule has 140 valence electrons. The molecule has 0 saturated carbocycles. The van der Waals surface area contributed by atoms with E-state index >= 15 is 0 Å². The molecule has 0 aliphatic rings. The molecule has 0 aliphatic carbocycles. The molecule has 0 atom stereocenters. The molecule has 6 heteroatoms. The predicted octanol–water partition coefficient (Wildman–Crippen LogP) is 4.32. The number of rotatable bonds is 6. The molecule has 2 amide bonds. The molecule has 0 saturated heterocycles. The van der Waals surface area contributed by atoms with E-state index in [0.717, 1.165) is 11.1 Å². The van der Waals surface area contributed by atoms with Crippen LogP contribution in [-0.2, 0) is 11.3 Å². The Labute approximate surface area is 168 Å². The summed E-state index contributed by atoms with van der Waals surface area (Å²) in [6, 6.07) is 17.9. The van der Waals surface area contributed by atoms with Gasteiger partial charge in [0.2, 0.25) is 5.91 Å². The van der Waals surface area contributed by atoms with Crippen molar-refractivity contribution in [1.29, 1.82) is 0 Å². The normalized spacial score (nSPS) is 10.6. The Balaban J connectivity index is 1.55. The number of hydrogen-bond acceptors (Lipinski definition) is 3. The van der Waals surface area contributed by atoms with Crippen LogP contribution in [0, 0.1) is 0 Å². The fourth-order valence-corrected chi connectivity index (χ4v) is 2.69. The van der Waals surface area contributed by atoms with Crippen molar-refractivity contribution in [2.24, 2.45) is 0 Å². The summed E-state index contributed by atoms with van der Waals surface area (Å²) in [6.07, 6.45) is 6.28. The summed E-state index contributed by atoms with van der Waals surface area (Å²) in [6.45, 7) is 0.343. The average molecular weight is 392 g/mol. The molecule has 0 unspecified atom stereocenters. The third-order valence-electron chi connectivity index (χ3n) is 3.85. The van der Waals surface area contributed by atoms with Crippen molar-refractivity contribution in [2.75, 3.05) is 5.32 Å². The highest BCUT2D eigenvalue weighted by Gasteiger charge is 2.06. The van der Waals surface area contributed by atoms with Gasteiger partial charge in [-0.15, -0.1) is 0 Å². The highest BCUT2D eigenvalue weighted by molar-refractivity contribution is 6.30. The van der Waals surface area contributed by atoms with Crippen molar-refractivity contribution in [3.05, 3.63) is 101 Å². The van der Waals surface area contributed by atoms with Crippen LogP contribution < -0.4 is 10.6 Å². The average Bonchev–Trinajstić information content (AvgIpc) is 2.72. The lowest BCUT2D eigenvalue weighted by molar-refractivity contribution is -0.116. The van der Waals surface area contributed by atoms with Crippen molar-refractivity contribution in [2.45, 2.75) is 6.54 Å². The Bertz CT molecular complexity index is 1000. The van der Waals surface area contributed by atoms with E-state index in [1.807, 2.05) is 30.3 Å². The van der Waals surface area contributed by atoms with Crippen LogP contribution in [0.4, 0.5) is 5.69 Å². The molecule has 1 heterocycles. The van der Waals surface area contributed by atoms with Crippen LogP contribution in [0.25, 0.3) is 6.08 Å². The molecule has 2 aromatic carbocycles. The Hall–Kier alpha value is -3.44. The zero-order valence-electron chi connectivity index (χ0n) is 14.9. The van der Waals surface area contributed by atoms with Crippen molar-refractivity contribution < 1.29 is 9.59 Å². The van der Waals surface area contributed by atoms with Crippen LogP contribution in [0.15, 0.2) is 79.1 Å². The summed E-state index contributed by atoms with van der Waals surface area (Å²) in [4.78, 5) is 28.1. The van der Waals surface area contributed by atoms with Crippen molar-refractivity contribution in [3.63, 3.8) is 0 Å². The number of carbonyl (C=O) groups excluding carboxylic acids is 2. The number of aromatic nitrogens is 1. The second-order valence-electron chi connectivity index (χ2n) is 6.00. The second-order valence-corrected chi connectivity index (χ2v) is 6.44. The third-order valence-corrected chi connectivity index (χ3v) is 4.09. The van der Waals surface area contributed by atoms with E-state index in [1.54, 1.807) is 42.6 Å². The van der Waals surface area contributed by atoms with Gasteiger partial charge in [0, 0.05) is 35.7 Å². The van der Waals surface area contributed by atoms with Crippen LogP contribution >= 0.6 is 11.6 Å². The summed E-state index contributed by atoms with van der Waals surface area (Å²) in [5, 5.41) is 6.25. The number of amides is 2. The van der Waals surface area contributed by atoms with E-state index in [-0.39, 0.29) is 11.8 Å². The third kappa shape index (κ3) is 5.79. The highest BCUT2D eigenvalue weighted by atomic mass is 35.5. The van der Waals surface area contributed by atoms with Gasteiger partial charge in [-0.2, -0.15) is 0 Å². The number of benzene rings is 2. The van der Waals surface area contributed by atoms with Crippen LogP contribution in [0.1, 0.15) is 21.5 Å². The second kappa shape index (κ2) is 9.48. The van der Waals surface area contributed by atoms with Gasteiger partial charge in [-0.3, -0.25) is 14.6 Å². The minimum atomic E-state index is -0.237.